The third kappa shape index (κ3) is 2.83. The van der Waals surface area contributed by atoms with E-state index in [1.54, 1.807) is 0 Å². The lowest BCUT2D eigenvalue weighted by Gasteiger charge is -2.27. The first-order chi connectivity index (χ1) is 8.34. The summed E-state index contributed by atoms with van der Waals surface area (Å²) in [7, 11) is 0. The molecule has 3 N–H and O–H groups in total. The van der Waals surface area contributed by atoms with Crippen LogP contribution in [0.25, 0.3) is 0 Å². The summed E-state index contributed by atoms with van der Waals surface area (Å²) in [4.78, 5) is 0. The van der Waals surface area contributed by atoms with Gasteiger partial charge in [-0.25, -0.2) is 0 Å². The van der Waals surface area contributed by atoms with Gasteiger partial charge in [-0.1, -0.05) is 6.42 Å². The van der Waals surface area contributed by atoms with Crippen molar-refractivity contribution in [3.8, 4) is 0 Å². The van der Waals surface area contributed by atoms with Crippen LogP contribution in [0.1, 0.15) is 44.9 Å². The number of aliphatic hydroxyl groups is 1. The molecule has 0 radical (unpaired) electrons. The molecular weight excluding hydrogens is 212 g/mol. The Morgan fingerprint density at radius 2 is 2.00 bits per heavy atom. The van der Waals surface area contributed by atoms with Gasteiger partial charge in [0.2, 0.25) is 0 Å². The van der Waals surface area contributed by atoms with Crippen molar-refractivity contribution in [1.29, 1.82) is 0 Å². The summed E-state index contributed by atoms with van der Waals surface area (Å²) in [6.07, 6.45) is 9.12. The standard InChI is InChI=1S/C14H26N2O/c17-14(10-6-7-10)9-16-13-4-1-3-11(13)12-5-2-8-15-12/h10-17H,1-9H2. The molecule has 98 valence electrons. The molecule has 2 aliphatic carbocycles. The average molecular weight is 238 g/mol. The monoisotopic (exact) mass is 238 g/mol. The lowest BCUT2D eigenvalue weighted by molar-refractivity contribution is 0.140. The number of rotatable bonds is 5. The molecule has 1 saturated heterocycles. The second-order valence-electron chi connectivity index (χ2n) is 6.22. The quantitative estimate of drug-likeness (QED) is 0.676. The van der Waals surface area contributed by atoms with E-state index in [0.717, 1.165) is 18.5 Å². The first kappa shape index (κ1) is 11.9. The molecule has 1 aliphatic heterocycles. The average Bonchev–Trinajstić information content (AvgIpc) is 2.88. The summed E-state index contributed by atoms with van der Waals surface area (Å²) in [5.41, 5.74) is 0. The first-order valence-electron chi connectivity index (χ1n) is 7.49. The van der Waals surface area contributed by atoms with Gasteiger partial charge in [-0.05, 0) is 56.9 Å². The SMILES string of the molecule is OC(CNC1CCCC1C1CCCN1)C1CC1. The van der Waals surface area contributed by atoms with Gasteiger partial charge in [-0.3, -0.25) is 0 Å². The fraction of sp³-hybridized carbons (Fsp3) is 1.00. The molecule has 4 atom stereocenters. The summed E-state index contributed by atoms with van der Waals surface area (Å²) in [5.74, 6) is 1.41. The molecular formula is C14H26N2O. The molecule has 4 unspecified atom stereocenters. The predicted molar refractivity (Wildman–Crippen MR) is 68.9 cm³/mol. The van der Waals surface area contributed by atoms with Crippen LogP contribution in [-0.2, 0) is 0 Å². The number of hydrogen-bond donors (Lipinski definition) is 3. The van der Waals surface area contributed by atoms with E-state index >= 15 is 0 Å². The third-order valence-corrected chi connectivity index (χ3v) is 4.94. The van der Waals surface area contributed by atoms with Crippen molar-refractivity contribution in [3.63, 3.8) is 0 Å². The molecule has 0 amide bonds. The Morgan fingerprint density at radius 3 is 2.71 bits per heavy atom. The minimum absolute atomic E-state index is 0.0900. The maximum Gasteiger partial charge on any atom is 0.0692 e. The second-order valence-corrected chi connectivity index (χ2v) is 6.22. The Hall–Kier alpha value is -0.120. The van der Waals surface area contributed by atoms with E-state index in [1.807, 2.05) is 0 Å². The molecule has 0 aromatic rings. The first-order valence-corrected chi connectivity index (χ1v) is 7.49. The van der Waals surface area contributed by atoms with E-state index in [4.69, 9.17) is 0 Å². The van der Waals surface area contributed by atoms with Gasteiger partial charge in [0.15, 0.2) is 0 Å². The highest BCUT2D eigenvalue weighted by atomic mass is 16.3. The second kappa shape index (κ2) is 5.25. The molecule has 0 aromatic heterocycles. The lowest BCUT2D eigenvalue weighted by Crippen LogP contribution is -2.44. The Kier molecular flexibility index (Phi) is 3.69. The Balaban J connectivity index is 1.47. The van der Waals surface area contributed by atoms with Gasteiger partial charge >= 0.3 is 0 Å². The van der Waals surface area contributed by atoms with E-state index in [2.05, 4.69) is 10.6 Å². The molecule has 0 aromatic carbocycles. The zero-order chi connectivity index (χ0) is 11.7. The summed E-state index contributed by atoms with van der Waals surface area (Å²) < 4.78 is 0. The smallest absolute Gasteiger partial charge is 0.0692 e. The Labute approximate surface area is 104 Å². The molecule has 3 rings (SSSR count). The predicted octanol–water partition coefficient (Wildman–Crippen LogP) is 1.27. The van der Waals surface area contributed by atoms with Gasteiger partial charge in [0.25, 0.3) is 0 Å². The summed E-state index contributed by atoms with van der Waals surface area (Å²) in [5, 5.41) is 17.2. The fourth-order valence-electron chi connectivity index (χ4n) is 3.72. The maximum atomic E-state index is 9.92. The van der Waals surface area contributed by atoms with Crippen LogP contribution >= 0.6 is 0 Å². The number of nitrogens with one attached hydrogen (secondary N) is 2. The van der Waals surface area contributed by atoms with E-state index < -0.39 is 0 Å². The highest BCUT2D eigenvalue weighted by Gasteiger charge is 2.36. The van der Waals surface area contributed by atoms with Gasteiger partial charge in [0.05, 0.1) is 6.10 Å². The van der Waals surface area contributed by atoms with E-state index in [9.17, 15) is 5.11 Å². The molecule has 3 aliphatic rings. The van der Waals surface area contributed by atoms with Crippen LogP contribution in [0, 0.1) is 11.8 Å². The molecule has 1 heterocycles. The van der Waals surface area contributed by atoms with Crippen molar-refractivity contribution >= 4 is 0 Å². The number of aliphatic hydroxyl groups excluding tert-OH is 1. The molecule has 3 nitrogen and oxygen atoms in total. The Bertz CT molecular complexity index is 249. The van der Waals surface area contributed by atoms with Crippen LogP contribution in [0.2, 0.25) is 0 Å². The zero-order valence-corrected chi connectivity index (χ0v) is 10.7. The van der Waals surface area contributed by atoms with Crippen molar-refractivity contribution < 1.29 is 5.11 Å². The van der Waals surface area contributed by atoms with E-state index in [1.165, 1.54) is 51.5 Å². The van der Waals surface area contributed by atoms with Crippen molar-refractivity contribution in [2.75, 3.05) is 13.1 Å². The van der Waals surface area contributed by atoms with Gasteiger partial charge in [-0.2, -0.15) is 0 Å². The largest absolute Gasteiger partial charge is 0.392 e. The minimum Gasteiger partial charge on any atom is -0.392 e. The van der Waals surface area contributed by atoms with E-state index in [-0.39, 0.29) is 6.10 Å². The van der Waals surface area contributed by atoms with Gasteiger partial charge in [-0.15, -0.1) is 0 Å². The molecule has 0 spiro atoms. The molecule has 3 fully saturated rings. The summed E-state index contributed by atoms with van der Waals surface area (Å²) in [6.45, 7) is 2.02. The lowest BCUT2D eigenvalue weighted by atomic mass is 9.93. The van der Waals surface area contributed by atoms with E-state index in [0.29, 0.717) is 12.0 Å². The minimum atomic E-state index is -0.0900. The highest BCUT2D eigenvalue weighted by molar-refractivity contribution is 4.94. The van der Waals surface area contributed by atoms with Crippen LogP contribution in [0.5, 0.6) is 0 Å². The fourth-order valence-corrected chi connectivity index (χ4v) is 3.72. The highest BCUT2D eigenvalue weighted by Crippen LogP contribution is 2.34. The van der Waals surface area contributed by atoms with Crippen molar-refractivity contribution in [2.24, 2.45) is 11.8 Å². The van der Waals surface area contributed by atoms with Crippen LogP contribution in [0.4, 0.5) is 0 Å². The summed E-state index contributed by atoms with van der Waals surface area (Å²) in [6, 6.07) is 1.40. The van der Waals surface area contributed by atoms with Gasteiger partial charge < -0.3 is 15.7 Å². The molecule has 2 saturated carbocycles. The van der Waals surface area contributed by atoms with Crippen LogP contribution in [0.15, 0.2) is 0 Å². The van der Waals surface area contributed by atoms with Gasteiger partial charge in [0.1, 0.15) is 0 Å². The van der Waals surface area contributed by atoms with Crippen LogP contribution in [-0.4, -0.2) is 36.4 Å². The molecule has 3 heteroatoms. The third-order valence-electron chi connectivity index (χ3n) is 4.94. The number of hydrogen-bond acceptors (Lipinski definition) is 3. The van der Waals surface area contributed by atoms with Crippen LogP contribution in [0.3, 0.4) is 0 Å². The van der Waals surface area contributed by atoms with Crippen molar-refractivity contribution in [1.82, 2.24) is 10.6 Å². The summed E-state index contributed by atoms with van der Waals surface area (Å²) >= 11 is 0. The van der Waals surface area contributed by atoms with Gasteiger partial charge in [0, 0.05) is 18.6 Å². The van der Waals surface area contributed by atoms with Crippen molar-refractivity contribution in [2.45, 2.75) is 63.1 Å². The van der Waals surface area contributed by atoms with Crippen LogP contribution < -0.4 is 10.6 Å². The molecule has 17 heavy (non-hydrogen) atoms. The normalized spacial score (nSPS) is 39.7. The van der Waals surface area contributed by atoms with Crippen molar-refractivity contribution in [3.05, 3.63) is 0 Å². The molecule has 0 bridgehead atoms. The Morgan fingerprint density at radius 1 is 1.12 bits per heavy atom. The zero-order valence-electron chi connectivity index (χ0n) is 10.7. The maximum absolute atomic E-state index is 9.92. The topological polar surface area (TPSA) is 44.3 Å².